The fraction of sp³-hybridized carbons (Fsp3) is 0.0625. The number of benzene rings is 2. The minimum Gasteiger partial charge on any atom is -0.507 e. The SMILES string of the molecule is Cc1ccccc1C=CC(=O)c1cc(Cl)ccc1O. The van der Waals surface area contributed by atoms with Gasteiger partial charge in [-0.15, -0.1) is 0 Å². The Morgan fingerprint density at radius 2 is 1.95 bits per heavy atom. The minimum atomic E-state index is -0.275. The second kappa shape index (κ2) is 5.72. The van der Waals surface area contributed by atoms with E-state index in [9.17, 15) is 9.90 Å². The first-order valence-electron chi connectivity index (χ1n) is 5.84. The van der Waals surface area contributed by atoms with Gasteiger partial charge in [0.25, 0.3) is 0 Å². The molecule has 0 bridgehead atoms. The molecular formula is C16H13ClO2. The van der Waals surface area contributed by atoms with E-state index in [0.717, 1.165) is 11.1 Å². The quantitative estimate of drug-likeness (QED) is 0.670. The van der Waals surface area contributed by atoms with E-state index in [1.807, 2.05) is 31.2 Å². The Morgan fingerprint density at radius 1 is 1.21 bits per heavy atom. The van der Waals surface area contributed by atoms with E-state index in [4.69, 9.17) is 11.6 Å². The molecule has 2 nitrogen and oxygen atoms in total. The van der Waals surface area contributed by atoms with Gasteiger partial charge in [0.2, 0.25) is 0 Å². The lowest BCUT2D eigenvalue weighted by Crippen LogP contribution is -1.95. The van der Waals surface area contributed by atoms with Crippen molar-refractivity contribution in [2.24, 2.45) is 0 Å². The van der Waals surface area contributed by atoms with Crippen LogP contribution in [0.25, 0.3) is 6.08 Å². The van der Waals surface area contributed by atoms with Gasteiger partial charge in [0.1, 0.15) is 5.75 Å². The minimum absolute atomic E-state index is 0.0659. The summed E-state index contributed by atoms with van der Waals surface area (Å²) < 4.78 is 0. The Labute approximate surface area is 117 Å². The number of phenolic OH excluding ortho intramolecular Hbond substituents is 1. The van der Waals surface area contributed by atoms with Gasteiger partial charge in [-0.2, -0.15) is 0 Å². The van der Waals surface area contributed by atoms with Gasteiger partial charge >= 0.3 is 0 Å². The highest BCUT2D eigenvalue weighted by atomic mass is 35.5. The lowest BCUT2D eigenvalue weighted by Gasteiger charge is -2.01. The summed E-state index contributed by atoms with van der Waals surface area (Å²) in [6.07, 6.45) is 3.17. The van der Waals surface area contributed by atoms with Crippen LogP contribution in [0.2, 0.25) is 5.02 Å². The summed E-state index contributed by atoms with van der Waals surface area (Å²) in [4.78, 5) is 12.0. The molecule has 0 heterocycles. The van der Waals surface area contributed by atoms with Crippen molar-refractivity contribution < 1.29 is 9.90 Å². The van der Waals surface area contributed by atoms with Crippen LogP contribution < -0.4 is 0 Å². The molecule has 0 atom stereocenters. The van der Waals surface area contributed by atoms with Crippen molar-refractivity contribution in [1.82, 2.24) is 0 Å². The second-order valence-corrected chi connectivity index (χ2v) is 4.65. The van der Waals surface area contributed by atoms with E-state index in [1.54, 1.807) is 12.1 Å². The average Bonchev–Trinajstić information content (AvgIpc) is 2.40. The number of carbonyl (C=O) groups is 1. The number of phenols is 1. The summed E-state index contributed by atoms with van der Waals surface area (Å²) in [7, 11) is 0. The largest absolute Gasteiger partial charge is 0.507 e. The van der Waals surface area contributed by atoms with Crippen LogP contribution in [0.4, 0.5) is 0 Å². The standard InChI is InChI=1S/C16H13ClO2/c1-11-4-2-3-5-12(11)6-8-15(18)14-10-13(17)7-9-16(14)19/h2-10,19H,1H3. The number of ketones is 1. The maximum absolute atomic E-state index is 12.0. The smallest absolute Gasteiger partial charge is 0.189 e. The molecule has 1 N–H and O–H groups in total. The zero-order valence-corrected chi connectivity index (χ0v) is 11.2. The van der Waals surface area contributed by atoms with Gasteiger partial charge in [0, 0.05) is 5.02 Å². The average molecular weight is 273 g/mol. The first kappa shape index (κ1) is 13.4. The third-order valence-corrected chi connectivity index (χ3v) is 3.06. The van der Waals surface area contributed by atoms with Crippen molar-refractivity contribution in [1.29, 1.82) is 0 Å². The number of aromatic hydroxyl groups is 1. The second-order valence-electron chi connectivity index (χ2n) is 4.22. The molecule has 0 aliphatic carbocycles. The monoisotopic (exact) mass is 272 g/mol. The molecule has 0 unspecified atom stereocenters. The highest BCUT2D eigenvalue weighted by Gasteiger charge is 2.08. The van der Waals surface area contributed by atoms with E-state index in [-0.39, 0.29) is 17.1 Å². The number of carbonyl (C=O) groups excluding carboxylic acids is 1. The van der Waals surface area contributed by atoms with Gasteiger partial charge in [-0.05, 0) is 42.3 Å². The Bertz CT molecular complexity index is 645. The van der Waals surface area contributed by atoms with Gasteiger partial charge in [-0.3, -0.25) is 4.79 Å². The van der Waals surface area contributed by atoms with E-state index < -0.39 is 0 Å². The van der Waals surface area contributed by atoms with E-state index >= 15 is 0 Å². The highest BCUT2D eigenvalue weighted by molar-refractivity contribution is 6.31. The van der Waals surface area contributed by atoms with Gasteiger partial charge in [-0.25, -0.2) is 0 Å². The maximum atomic E-state index is 12.0. The zero-order chi connectivity index (χ0) is 13.8. The predicted molar refractivity (Wildman–Crippen MR) is 77.7 cm³/mol. The van der Waals surface area contributed by atoms with Gasteiger partial charge in [0.05, 0.1) is 5.56 Å². The number of allylic oxidation sites excluding steroid dienone is 1. The van der Waals surface area contributed by atoms with Gasteiger partial charge < -0.3 is 5.11 Å². The highest BCUT2D eigenvalue weighted by Crippen LogP contribution is 2.22. The fourth-order valence-electron chi connectivity index (χ4n) is 1.73. The van der Waals surface area contributed by atoms with Crippen LogP contribution in [0.3, 0.4) is 0 Å². The molecule has 96 valence electrons. The molecule has 0 saturated heterocycles. The summed E-state index contributed by atoms with van der Waals surface area (Å²) in [5.74, 6) is -0.341. The van der Waals surface area contributed by atoms with Crippen molar-refractivity contribution in [2.75, 3.05) is 0 Å². The predicted octanol–water partition coefficient (Wildman–Crippen LogP) is 4.25. The molecule has 0 fully saturated rings. The van der Waals surface area contributed by atoms with Crippen LogP contribution in [0.5, 0.6) is 5.75 Å². The third-order valence-electron chi connectivity index (χ3n) is 2.83. The number of hydrogen-bond donors (Lipinski definition) is 1. The topological polar surface area (TPSA) is 37.3 Å². The number of hydrogen-bond acceptors (Lipinski definition) is 2. The zero-order valence-electron chi connectivity index (χ0n) is 10.4. The van der Waals surface area contributed by atoms with E-state index in [0.29, 0.717) is 5.02 Å². The Morgan fingerprint density at radius 3 is 2.68 bits per heavy atom. The normalized spacial score (nSPS) is 10.8. The molecule has 2 rings (SSSR count). The molecule has 0 radical (unpaired) electrons. The molecule has 2 aromatic carbocycles. The lowest BCUT2D eigenvalue weighted by atomic mass is 10.1. The molecule has 0 aromatic heterocycles. The summed E-state index contributed by atoms with van der Waals surface area (Å²) in [5, 5.41) is 10.1. The van der Waals surface area contributed by atoms with Crippen LogP contribution in [0, 0.1) is 6.92 Å². The number of halogens is 1. The molecule has 19 heavy (non-hydrogen) atoms. The molecule has 0 aliphatic rings. The molecule has 2 aromatic rings. The molecule has 0 saturated carbocycles. The fourth-order valence-corrected chi connectivity index (χ4v) is 1.91. The molecule has 0 spiro atoms. The van der Waals surface area contributed by atoms with Crippen LogP contribution in [-0.2, 0) is 0 Å². The van der Waals surface area contributed by atoms with Crippen molar-refractivity contribution in [3.05, 3.63) is 70.3 Å². The van der Waals surface area contributed by atoms with Gasteiger partial charge in [0.15, 0.2) is 5.78 Å². The van der Waals surface area contributed by atoms with Crippen molar-refractivity contribution in [3.63, 3.8) is 0 Å². The first-order valence-corrected chi connectivity index (χ1v) is 6.22. The summed E-state index contributed by atoms with van der Waals surface area (Å²) in [5.41, 5.74) is 2.26. The van der Waals surface area contributed by atoms with Crippen LogP contribution >= 0.6 is 11.6 Å². The first-order chi connectivity index (χ1) is 9.08. The van der Waals surface area contributed by atoms with Crippen LogP contribution in [0.15, 0.2) is 48.5 Å². The van der Waals surface area contributed by atoms with E-state index in [1.165, 1.54) is 18.2 Å². The van der Waals surface area contributed by atoms with Crippen LogP contribution in [0.1, 0.15) is 21.5 Å². The molecule has 0 aliphatic heterocycles. The Balaban J connectivity index is 2.26. The molecular weight excluding hydrogens is 260 g/mol. The summed E-state index contributed by atoms with van der Waals surface area (Å²) in [6.45, 7) is 1.97. The van der Waals surface area contributed by atoms with Crippen molar-refractivity contribution in [3.8, 4) is 5.75 Å². The van der Waals surface area contributed by atoms with Crippen LogP contribution in [-0.4, -0.2) is 10.9 Å². The van der Waals surface area contributed by atoms with E-state index in [2.05, 4.69) is 0 Å². The van der Waals surface area contributed by atoms with Gasteiger partial charge in [-0.1, -0.05) is 41.9 Å². The van der Waals surface area contributed by atoms with Crippen molar-refractivity contribution in [2.45, 2.75) is 6.92 Å². The van der Waals surface area contributed by atoms with Crippen molar-refractivity contribution >= 4 is 23.5 Å². The summed E-state index contributed by atoms with van der Waals surface area (Å²) >= 11 is 5.82. The number of rotatable bonds is 3. The Kier molecular flexibility index (Phi) is 4.03. The maximum Gasteiger partial charge on any atom is 0.189 e. The molecule has 3 heteroatoms. The number of aryl methyl sites for hydroxylation is 1. The Hall–Kier alpha value is -2.06. The lowest BCUT2D eigenvalue weighted by molar-refractivity contribution is 0.104. The third kappa shape index (κ3) is 3.24. The summed E-state index contributed by atoms with van der Waals surface area (Å²) in [6, 6.07) is 12.2. The molecule has 0 amide bonds.